The number of hydrogen-bond donors (Lipinski definition) is 1. The average molecular weight is 277 g/mol. The van der Waals surface area contributed by atoms with Gasteiger partial charge in [-0.2, -0.15) is 0 Å². The maximum Gasteiger partial charge on any atom is 0.250 e. The molecule has 19 heavy (non-hydrogen) atoms. The Morgan fingerprint density at radius 1 is 1.47 bits per heavy atom. The first kappa shape index (κ1) is 14.0. The van der Waals surface area contributed by atoms with Gasteiger partial charge >= 0.3 is 0 Å². The second kappa shape index (κ2) is 6.63. The first-order chi connectivity index (χ1) is 9.20. The molecule has 0 aliphatic heterocycles. The Kier molecular flexibility index (Phi) is 4.87. The predicted molar refractivity (Wildman–Crippen MR) is 78.6 cm³/mol. The summed E-state index contributed by atoms with van der Waals surface area (Å²) in [4.78, 5) is 17.3. The number of pyridine rings is 1. The van der Waals surface area contributed by atoms with Gasteiger partial charge < -0.3 is 9.88 Å². The Morgan fingerprint density at radius 2 is 2.32 bits per heavy atom. The van der Waals surface area contributed by atoms with Gasteiger partial charge in [0.25, 0.3) is 5.56 Å². The summed E-state index contributed by atoms with van der Waals surface area (Å²) in [5.74, 6) is 0. The van der Waals surface area contributed by atoms with Gasteiger partial charge in [-0.1, -0.05) is 13.0 Å². The van der Waals surface area contributed by atoms with E-state index in [1.54, 1.807) is 28.0 Å². The molecular formula is C14H19N3OS. The number of thiazole rings is 1. The molecule has 0 aliphatic carbocycles. The van der Waals surface area contributed by atoms with E-state index in [1.807, 2.05) is 18.5 Å². The van der Waals surface area contributed by atoms with E-state index in [0.717, 1.165) is 18.0 Å². The van der Waals surface area contributed by atoms with Crippen LogP contribution in [0.25, 0.3) is 0 Å². The van der Waals surface area contributed by atoms with Crippen LogP contribution >= 0.6 is 11.3 Å². The monoisotopic (exact) mass is 277 g/mol. The molecule has 1 N–H and O–H groups in total. The quantitative estimate of drug-likeness (QED) is 0.880. The van der Waals surface area contributed by atoms with Crippen molar-refractivity contribution in [1.29, 1.82) is 0 Å². The minimum Gasteiger partial charge on any atom is -0.314 e. The average Bonchev–Trinajstić information content (AvgIpc) is 2.90. The number of nitrogens with zero attached hydrogens (tertiary/aromatic N) is 2. The van der Waals surface area contributed by atoms with Gasteiger partial charge in [0.05, 0.1) is 6.04 Å². The Bertz CT molecular complexity index is 576. The minimum atomic E-state index is 0.0412. The topological polar surface area (TPSA) is 46.9 Å². The second-order valence-electron chi connectivity index (χ2n) is 4.43. The summed E-state index contributed by atoms with van der Waals surface area (Å²) in [5, 5.41) is 4.51. The van der Waals surface area contributed by atoms with Gasteiger partial charge in [0.2, 0.25) is 0 Å². The lowest BCUT2D eigenvalue weighted by atomic mass is 10.3. The molecule has 0 spiro atoms. The van der Waals surface area contributed by atoms with Crippen molar-refractivity contribution in [2.24, 2.45) is 0 Å². The second-order valence-corrected chi connectivity index (χ2v) is 5.57. The van der Waals surface area contributed by atoms with Gasteiger partial charge in [-0.25, -0.2) is 4.98 Å². The SMILES string of the molecule is CCc1cnc(C(C)NCCn2ccccc2=O)s1. The number of nitrogens with one attached hydrogen (secondary N) is 1. The Balaban J connectivity index is 1.85. The van der Waals surface area contributed by atoms with Gasteiger partial charge in [0.1, 0.15) is 5.01 Å². The molecule has 0 fully saturated rings. The van der Waals surface area contributed by atoms with Gasteiger partial charge in [-0.3, -0.25) is 4.79 Å². The van der Waals surface area contributed by atoms with Crippen molar-refractivity contribution in [1.82, 2.24) is 14.9 Å². The van der Waals surface area contributed by atoms with E-state index in [2.05, 4.69) is 24.1 Å². The number of aryl methyl sites for hydroxylation is 1. The molecule has 2 aromatic heterocycles. The molecule has 0 aliphatic rings. The number of hydrogen-bond acceptors (Lipinski definition) is 4. The fourth-order valence-electron chi connectivity index (χ4n) is 1.82. The third-order valence-electron chi connectivity index (χ3n) is 2.99. The first-order valence-corrected chi connectivity index (χ1v) is 7.35. The maximum atomic E-state index is 11.5. The predicted octanol–water partition coefficient (Wildman–Crippen LogP) is 2.22. The molecule has 0 saturated carbocycles. The summed E-state index contributed by atoms with van der Waals surface area (Å²) < 4.78 is 1.71. The molecule has 102 valence electrons. The molecule has 0 amide bonds. The van der Waals surface area contributed by atoms with Gasteiger partial charge in [-0.15, -0.1) is 11.3 Å². The molecular weight excluding hydrogens is 258 g/mol. The van der Waals surface area contributed by atoms with E-state index in [-0.39, 0.29) is 11.6 Å². The van der Waals surface area contributed by atoms with Gasteiger partial charge in [0.15, 0.2) is 0 Å². The minimum absolute atomic E-state index is 0.0412. The summed E-state index contributed by atoms with van der Waals surface area (Å²) in [6.07, 6.45) is 4.79. The molecule has 0 aromatic carbocycles. The van der Waals surface area contributed by atoms with Gasteiger partial charge in [0, 0.05) is 36.4 Å². The standard InChI is InChI=1S/C14H19N3OS/c1-3-12-10-16-14(19-12)11(2)15-7-9-17-8-5-4-6-13(17)18/h4-6,8,10-11,15H,3,7,9H2,1-2H3. The lowest BCUT2D eigenvalue weighted by Gasteiger charge is -2.11. The molecule has 2 heterocycles. The maximum absolute atomic E-state index is 11.5. The Hall–Kier alpha value is -1.46. The summed E-state index contributed by atoms with van der Waals surface area (Å²) in [5.41, 5.74) is 0.0412. The van der Waals surface area contributed by atoms with Crippen molar-refractivity contribution in [2.75, 3.05) is 6.54 Å². The van der Waals surface area contributed by atoms with Crippen molar-refractivity contribution in [3.8, 4) is 0 Å². The lowest BCUT2D eigenvalue weighted by molar-refractivity contribution is 0.523. The fraction of sp³-hybridized carbons (Fsp3) is 0.429. The van der Waals surface area contributed by atoms with Crippen LogP contribution in [0.1, 0.15) is 29.8 Å². The highest BCUT2D eigenvalue weighted by Crippen LogP contribution is 2.19. The van der Waals surface area contributed by atoms with Crippen molar-refractivity contribution in [2.45, 2.75) is 32.9 Å². The fourth-order valence-corrected chi connectivity index (χ4v) is 2.70. The van der Waals surface area contributed by atoms with E-state index >= 15 is 0 Å². The van der Waals surface area contributed by atoms with Crippen LogP contribution in [0.4, 0.5) is 0 Å². The van der Waals surface area contributed by atoms with Crippen LogP contribution in [0, 0.1) is 0 Å². The van der Waals surface area contributed by atoms with Crippen LogP contribution in [0.15, 0.2) is 35.4 Å². The molecule has 0 radical (unpaired) electrons. The van der Waals surface area contributed by atoms with Crippen LogP contribution in [-0.2, 0) is 13.0 Å². The molecule has 2 rings (SSSR count). The molecule has 5 heteroatoms. The summed E-state index contributed by atoms with van der Waals surface area (Å²) in [7, 11) is 0. The molecule has 1 unspecified atom stereocenters. The van der Waals surface area contributed by atoms with E-state index < -0.39 is 0 Å². The largest absolute Gasteiger partial charge is 0.314 e. The van der Waals surface area contributed by atoms with E-state index in [9.17, 15) is 4.79 Å². The number of rotatable bonds is 6. The van der Waals surface area contributed by atoms with Crippen LogP contribution < -0.4 is 10.9 Å². The van der Waals surface area contributed by atoms with Crippen molar-refractivity contribution >= 4 is 11.3 Å². The van der Waals surface area contributed by atoms with Crippen LogP contribution in [0.3, 0.4) is 0 Å². The summed E-state index contributed by atoms with van der Waals surface area (Å²) in [6, 6.07) is 5.44. The zero-order chi connectivity index (χ0) is 13.7. The zero-order valence-corrected chi connectivity index (χ0v) is 12.1. The summed E-state index contributed by atoms with van der Waals surface area (Å²) >= 11 is 1.75. The van der Waals surface area contributed by atoms with Crippen molar-refractivity contribution < 1.29 is 0 Å². The molecule has 0 bridgehead atoms. The third kappa shape index (κ3) is 3.75. The highest BCUT2D eigenvalue weighted by molar-refractivity contribution is 7.11. The van der Waals surface area contributed by atoms with E-state index in [1.165, 1.54) is 4.88 Å². The van der Waals surface area contributed by atoms with Crippen molar-refractivity contribution in [3.05, 3.63) is 50.8 Å². The Morgan fingerprint density at radius 3 is 3.00 bits per heavy atom. The van der Waals surface area contributed by atoms with Crippen LogP contribution in [0.2, 0.25) is 0 Å². The lowest BCUT2D eigenvalue weighted by Crippen LogP contribution is -2.27. The molecule has 1 atom stereocenters. The van der Waals surface area contributed by atoms with Crippen molar-refractivity contribution in [3.63, 3.8) is 0 Å². The molecule has 0 saturated heterocycles. The smallest absolute Gasteiger partial charge is 0.250 e. The van der Waals surface area contributed by atoms with Crippen LogP contribution in [0.5, 0.6) is 0 Å². The van der Waals surface area contributed by atoms with Gasteiger partial charge in [-0.05, 0) is 19.4 Å². The van der Waals surface area contributed by atoms with E-state index in [4.69, 9.17) is 0 Å². The number of aromatic nitrogens is 2. The molecule has 2 aromatic rings. The highest BCUT2D eigenvalue weighted by Gasteiger charge is 2.09. The third-order valence-corrected chi connectivity index (χ3v) is 4.32. The van der Waals surface area contributed by atoms with Crippen LogP contribution in [-0.4, -0.2) is 16.1 Å². The highest BCUT2D eigenvalue weighted by atomic mass is 32.1. The normalized spacial score (nSPS) is 12.5. The first-order valence-electron chi connectivity index (χ1n) is 6.54. The summed E-state index contributed by atoms with van der Waals surface area (Å²) in [6.45, 7) is 5.67. The Labute approximate surface area is 117 Å². The molecule has 4 nitrogen and oxygen atoms in total. The zero-order valence-electron chi connectivity index (χ0n) is 11.3. The van der Waals surface area contributed by atoms with E-state index in [0.29, 0.717) is 6.54 Å².